The van der Waals surface area contributed by atoms with Gasteiger partial charge in [0.25, 0.3) is 0 Å². The van der Waals surface area contributed by atoms with Gasteiger partial charge in [-0.25, -0.2) is 0 Å². The van der Waals surface area contributed by atoms with Crippen molar-refractivity contribution in [3.63, 3.8) is 0 Å². The quantitative estimate of drug-likeness (QED) is 0.807. The molecule has 3 rings (SSSR count). The lowest BCUT2D eigenvalue weighted by atomic mass is 9.80. The van der Waals surface area contributed by atoms with Gasteiger partial charge < -0.3 is 9.84 Å². The number of fused-ring (bicyclic) bond motifs is 1. The lowest BCUT2D eigenvalue weighted by Crippen LogP contribution is -2.13. The van der Waals surface area contributed by atoms with Crippen LogP contribution in [0.5, 0.6) is 5.75 Å². The van der Waals surface area contributed by atoms with Crippen molar-refractivity contribution in [2.24, 2.45) is 0 Å². The van der Waals surface area contributed by atoms with E-state index in [1.807, 2.05) is 24.3 Å². The van der Waals surface area contributed by atoms with E-state index in [2.05, 4.69) is 30.4 Å². The molecule has 1 aliphatic carbocycles. The molecule has 0 spiro atoms. The van der Waals surface area contributed by atoms with Gasteiger partial charge in [-0.15, -0.1) is 0 Å². The second-order valence-corrected chi connectivity index (χ2v) is 6.25. The van der Waals surface area contributed by atoms with Gasteiger partial charge in [0.15, 0.2) is 0 Å². The zero-order valence-corrected chi connectivity index (χ0v) is 13.9. The Kier molecular flexibility index (Phi) is 4.99. The minimum absolute atomic E-state index is 0.158. The maximum atomic E-state index is 11.0. The Morgan fingerprint density at radius 1 is 1.17 bits per heavy atom. The number of aryl methyl sites for hydroxylation is 1. The molecule has 0 aliphatic heterocycles. The summed E-state index contributed by atoms with van der Waals surface area (Å²) in [5.74, 6) is 0.299. The van der Waals surface area contributed by atoms with Crippen molar-refractivity contribution in [2.45, 2.75) is 31.6 Å². The van der Waals surface area contributed by atoms with Crippen LogP contribution in [0.25, 0.3) is 12.2 Å². The third-order valence-corrected chi connectivity index (χ3v) is 4.61. The number of methoxy groups -OCH3 is 1. The standard InChI is InChI=1S/C21H22O3/c1-24-19-10-7-15(8-11-19)5-6-16-9-12-20-17(13-16)3-2-4-18(20)14-21(22)23/h5-13,18H,2-4,14H2,1H3,(H,22,23). The Hall–Kier alpha value is -2.55. The van der Waals surface area contributed by atoms with E-state index in [4.69, 9.17) is 9.84 Å². The number of ether oxygens (including phenoxy) is 1. The number of hydrogen-bond acceptors (Lipinski definition) is 2. The Bertz CT molecular complexity index is 744. The zero-order chi connectivity index (χ0) is 16.9. The van der Waals surface area contributed by atoms with Gasteiger partial charge in [0.05, 0.1) is 13.5 Å². The molecule has 3 nitrogen and oxygen atoms in total. The third-order valence-electron chi connectivity index (χ3n) is 4.61. The van der Waals surface area contributed by atoms with Gasteiger partial charge in [-0.05, 0) is 59.6 Å². The number of hydrogen-bond donors (Lipinski definition) is 1. The second kappa shape index (κ2) is 7.35. The van der Waals surface area contributed by atoms with Gasteiger partial charge in [0, 0.05) is 0 Å². The summed E-state index contributed by atoms with van der Waals surface area (Å²) in [5.41, 5.74) is 4.78. The highest BCUT2D eigenvalue weighted by molar-refractivity contribution is 5.71. The number of carboxylic acids is 1. The van der Waals surface area contributed by atoms with Crippen molar-refractivity contribution in [3.05, 3.63) is 64.7 Å². The number of carboxylic acid groups (broad SMARTS) is 1. The molecule has 1 N–H and O–H groups in total. The molecule has 1 aliphatic rings. The molecule has 124 valence electrons. The van der Waals surface area contributed by atoms with Crippen molar-refractivity contribution in [2.75, 3.05) is 7.11 Å². The molecule has 0 saturated carbocycles. The fourth-order valence-electron chi connectivity index (χ4n) is 3.37. The van der Waals surface area contributed by atoms with Crippen molar-refractivity contribution < 1.29 is 14.6 Å². The summed E-state index contributed by atoms with van der Waals surface area (Å²) in [6.45, 7) is 0. The first-order chi connectivity index (χ1) is 11.7. The molecular weight excluding hydrogens is 300 g/mol. The average molecular weight is 322 g/mol. The smallest absolute Gasteiger partial charge is 0.303 e. The first kappa shape index (κ1) is 16.3. The molecular formula is C21H22O3. The first-order valence-electron chi connectivity index (χ1n) is 8.32. The molecule has 0 amide bonds. The van der Waals surface area contributed by atoms with E-state index in [0.717, 1.165) is 36.1 Å². The molecule has 2 aromatic rings. The second-order valence-electron chi connectivity index (χ2n) is 6.25. The normalized spacial score (nSPS) is 16.8. The van der Waals surface area contributed by atoms with Crippen molar-refractivity contribution >= 4 is 18.1 Å². The van der Waals surface area contributed by atoms with Crippen LogP contribution in [-0.2, 0) is 11.2 Å². The van der Waals surface area contributed by atoms with Gasteiger partial charge in [0.1, 0.15) is 5.75 Å². The van der Waals surface area contributed by atoms with Gasteiger partial charge >= 0.3 is 5.97 Å². The SMILES string of the molecule is COc1ccc(C=Cc2ccc3c(c2)CCCC3CC(=O)O)cc1. The summed E-state index contributed by atoms with van der Waals surface area (Å²) in [6.07, 6.45) is 7.49. The van der Waals surface area contributed by atoms with E-state index in [0.29, 0.717) is 0 Å². The summed E-state index contributed by atoms with van der Waals surface area (Å²) in [5, 5.41) is 9.07. The van der Waals surface area contributed by atoms with Crippen LogP contribution in [0.1, 0.15) is 47.4 Å². The minimum atomic E-state index is -0.712. The minimum Gasteiger partial charge on any atom is -0.497 e. The maximum Gasteiger partial charge on any atom is 0.303 e. The molecule has 0 heterocycles. The predicted octanol–water partition coefficient (Wildman–Crippen LogP) is 4.76. The van der Waals surface area contributed by atoms with Crippen LogP contribution in [0.2, 0.25) is 0 Å². The Labute approximate surface area is 142 Å². The van der Waals surface area contributed by atoms with Crippen LogP contribution in [0, 0.1) is 0 Å². The summed E-state index contributed by atoms with van der Waals surface area (Å²) in [6, 6.07) is 14.3. The van der Waals surface area contributed by atoms with E-state index < -0.39 is 5.97 Å². The van der Waals surface area contributed by atoms with Gasteiger partial charge in [-0.3, -0.25) is 4.79 Å². The Morgan fingerprint density at radius 3 is 2.58 bits per heavy atom. The summed E-state index contributed by atoms with van der Waals surface area (Å²) in [7, 11) is 1.66. The Balaban J connectivity index is 1.77. The zero-order valence-electron chi connectivity index (χ0n) is 13.9. The van der Waals surface area contributed by atoms with Crippen LogP contribution >= 0.6 is 0 Å². The van der Waals surface area contributed by atoms with Crippen LogP contribution in [0.4, 0.5) is 0 Å². The lowest BCUT2D eigenvalue weighted by molar-refractivity contribution is -0.137. The molecule has 0 aromatic heterocycles. The van der Waals surface area contributed by atoms with Crippen LogP contribution in [-0.4, -0.2) is 18.2 Å². The van der Waals surface area contributed by atoms with E-state index in [1.54, 1.807) is 7.11 Å². The molecule has 24 heavy (non-hydrogen) atoms. The van der Waals surface area contributed by atoms with Crippen molar-refractivity contribution in [3.8, 4) is 5.75 Å². The van der Waals surface area contributed by atoms with E-state index in [-0.39, 0.29) is 12.3 Å². The first-order valence-corrected chi connectivity index (χ1v) is 8.32. The van der Waals surface area contributed by atoms with Crippen LogP contribution in [0.15, 0.2) is 42.5 Å². The molecule has 2 aromatic carbocycles. The molecule has 0 bridgehead atoms. The lowest BCUT2D eigenvalue weighted by Gasteiger charge is -2.24. The highest BCUT2D eigenvalue weighted by atomic mass is 16.5. The number of benzene rings is 2. The third kappa shape index (κ3) is 3.85. The Morgan fingerprint density at radius 2 is 1.88 bits per heavy atom. The highest BCUT2D eigenvalue weighted by Gasteiger charge is 2.22. The molecule has 1 unspecified atom stereocenters. The van der Waals surface area contributed by atoms with Crippen molar-refractivity contribution in [1.29, 1.82) is 0 Å². The predicted molar refractivity (Wildman–Crippen MR) is 96.3 cm³/mol. The van der Waals surface area contributed by atoms with Gasteiger partial charge in [0.2, 0.25) is 0 Å². The van der Waals surface area contributed by atoms with Crippen LogP contribution in [0.3, 0.4) is 0 Å². The maximum absolute atomic E-state index is 11.0. The largest absolute Gasteiger partial charge is 0.497 e. The molecule has 0 saturated heterocycles. The monoisotopic (exact) mass is 322 g/mol. The fourth-order valence-corrected chi connectivity index (χ4v) is 3.37. The van der Waals surface area contributed by atoms with E-state index in [9.17, 15) is 4.79 Å². The van der Waals surface area contributed by atoms with Crippen molar-refractivity contribution in [1.82, 2.24) is 0 Å². The topological polar surface area (TPSA) is 46.5 Å². The fraction of sp³-hybridized carbons (Fsp3) is 0.286. The molecule has 0 radical (unpaired) electrons. The molecule has 1 atom stereocenters. The summed E-state index contributed by atoms with van der Waals surface area (Å²) >= 11 is 0. The van der Waals surface area contributed by atoms with Gasteiger partial charge in [-0.1, -0.05) is 42.5 Å². The number of rotatable bonds is 5. The van der Waals surface area contributed by atoms with E-state index in [1.165, 1.54) is 11.1 Å². The summed E-state index contributed by atoms with van der Waals surface area (Å²) in [4.78, 5) is 11.0. The van der Waals surface area contributed by atoms with Crippen LogP contribution < -0.4 is 4.74 Å². The summed E-state index contributed by atoms with van der Waals surface area (Å²) < 4.78 is 5.17. The highest BCUT2D eigenvalue weighted by Crippen LogP contribution is 2.34. The average Bonchev–Trinajstić information content (AvgIpc) is 2.60. The molecule has 3 heteroatoms. The molecule has 0 fully saturated rings. The van der Waals surface area contributed by atoms with Gasteiger partial charge in [-0.2, -0.15) is 0 Å². The number of aliphatic carboxylic acids is 1. The van der Waals surface area contributed by atoms with E-state index >= 15 is 0 Å². The number of carbonyl (C=O) groups is 1.